The lowest BCUT2D eigenvalue weighted by molar-refractivity contribution is 0.0774. The summed E-state index contributed by atoms with van der Waals surface area (Å²) in [6, 6.07) is 18.9. The number of likely N-dealkylation sites (N-methyl/N-ethyl adjacent to an activating group) is 1. The number of nitrogens with zero attached hydrogens (tertiary/aromatic N) is 1. The molecule has 0 N–H and O–H groups in total. The van der Waals surface area contributed by atoms with Gasteiger partial charge in [0.2, 0.25) is 0 Å². The largest absolute Gasteiger partial charge is 0.492 e. The van der Waals surface area contributed by atoms with Gasteiger partial charge in [0.25, 0.3) is 5.91 Å². The third kappa shape index (κ3) is 3.85. The predicted molar refractivity (Wildman–Crippen MR) is 75.3 cm³/mol. The third-order valence-corrected chi connectivity index (χ3v) is 2.81. The summed E-state index contributed by atoms with van der Waals surface area (Å²) in [5.74, 6) is 0.834. The zero-order valence-corrected chi connectivity index (χ0v) is 11.0. The fraction of sp³-hybridized carbons (Fsp3) is 0.188. The van der Waals surface area contributed by atoms with E-state index in [1.165, 1.54) is 0 Å². The molecule has 0 unspecified atom stereocenters. The average molecular weight is 255 g/mol. The maximum atomic E-state index is 12.1. The molecule has 0 fully saturated rings. The Labute approximate surface area is 113 Å². The van der Waals surface area contributed by atoms with Crippen LogP contribution in [0, 0.1) is 0 Å². The molecule has 19 heavy (non-hydrogen) atoms. The Balaban J connectivity index is 1.82. The Hall–Kier alpha value is -2.29. The highest BCUT2D eigenvalue weighted by Gasteiger charge is 2.10. The molecule has 0 saturated carbocycles. The Kier molecular flexibility index (Phi) is 4.56. The van der Waals surface area contributed by atoms with E-state index in [1.807, 2.05) is 60.7 Å². The van der Waals surface area contributed by atoms with Crippen molar-refractivity contribution in [3.8, 4) is 5.75 Å². The lowest BCUT2D eigenvalue weighted by atomic mass is 10.2. The van der Waals surface area contributed by atoms with Crippen LogP contribution in [0.15, 0.2) is 60.7 Å². The van der Waals surface area contributed by atoms with Crippen molar-refractivity contribution in [1.82, 2.24) is 4.90 Å². The topological polar surface area (TPSA) is 29.5 Å². The summed E-state index contributed by atoms with van der Waals surface area (Å²) in [6.45, 7) is 1.04. The van der Waals surface area contributed by atoms with Gasteiger partial charge in [-0.2, -0.15) is 0 Å². The number of carbonyl (C=O) groups is 1. The normalized spacial score (nSPS) is 9.95. The van der Waals surface area contributed by atoms with Gasteiger partial charge in [-0.3, -0.25) is 4.79 Å². The molecule has 0 spiro atoms. The molecule has 3 nitrogen and oxygen atoms in total. The monoisotopic (exact) mass is 255 g/mol. The first kappa shape index (κ1) is 13.1. The molecular weight excluding hydrogens is 238 g/mol. The second-order valence-corrected chi connectivity index (χ2v) is 4.25. The molecule has 98 valence electrons. The predicted octanol–water partition coefficient (Wildman–Crippen LogP) is 2.84. The maximum Gasteiger partial charge on any atom is 0.253 e. The number of carbonyl (C=O) groups excluding carboxylic acids is 1. The molecule has 0 saturated heterocycles. The van der Waals surface area contributed by atoms with Gasteiger partial charge >= 0.3 is 0 Å². The molecule has 0 radical (unpaired) electrons. The second kappa shape index (κ2) is 6.59. The van der Waals surface area contributed by atoms with Crippen LogP contribution in [0.3, 0.4) is 0 Å². The Bertz CT molecular complexity index is 511. The van der Waals surface area contributed by atoms with Gasteiger partial charge in [-0.15, -0.1) is 0 Å². The molecule has 2 rings (SSSR count). The van der Waals surface area contributed by atoms with Gasteiger partial charge in [0.05, 0.1) is 6.54 Å². The standard InChI is InChI=1S/C16H17NO2/c1-17(16(18)14-8-4-2-5-9-14)12-13-19-15-10-6-3-7-11-15/h2-11H,12-13H2,1H3. The fourth-order valence-corrected chi connectivity index (χ4v) is 1.72. The van der Waals surface area contributed by atoms with E-state index in [2.05, 4.69) is 0 Å². The van der Waals surface area contributed by atoms with Gasteiger partial charge in [-0.25, -0.2) is 0 Å². The third-order valence-electron chi connectivity index (χ3n) is 2.81. The number of hydrogen-bond acceptors (Lipinski definition) is 2. The van der Waals surface area contributed by atoms with Crippen LogP contribution in [0.4, 0.5) is 0 Å². The summed E-state index contributed by atoms with van der Waals surface area (Å²) >= 11 is 0. The van der Waals surface area contributed by atoms with E-state index in [-0.39, 0.29) is 5.91 Å². The highest BCUT2D eigenvalue weighted by Crippen LogP contribution is 2.08. The molecule has 0 heterocycles. The minimum absolute atomic E-state index is 0.0114. The van der Waals surface area contributed by atoms with Crippen molar-refractivity contribution in [2.45, 2.75) is 0 Å². The van der Waals surface area contributed by atoms with E-state index in [1.54, 1.807) is 11.9 Å². The van der Waals surface area contributed by atoms with Crippen LogP contribution < -0.4 is 4.74 Å². The SMILES string of the molecule is CN(CCOc1ccccc1)C(=O)c1ccccc1. The Morgan fingerprint density at radius 1 is 1.00 bits per heavy atom. The van der Waals surface area contributed by atoms with Crippen LogP contribution in [-0.4, -0.2) is 31.0 Å². The van der Waals surface area contributed by atoms with Crippen molar-refractivity contribution in [3.63, 3.8) is 0 Å². The Morgan fingerprint density at radius 2 is 1.58 bits per heavy atom. The smallest absolute Gasteiger partial charge is 0.253 e. The molecule has 0 aliphatic heterocycles. The number of ether oxygens (including phenoxy) is 1. The summed E-state index contributed by atoms with van der Waals surface area (Å²) in [7, 11) is 1.78. The van der Waals surface area contributed by atoms with Gasteiger partial charge < -0.3 is 9.64 Å². The number of hydrogen-bond donors (Lipinski definition) is 0. The van der Waals surface area contributed by atoms with Crippen molar-refractivity contribution in [2.24, 2.45) is 0 Å². The van der Waals surface area contributed by atoms with Crippen molar-refractivity contribution >= 4 is 5.91 Å². The van der Waals surface area contributed by atoms with Crippen LogP contribution in [0.5, 0.6) is 5.75 Å². The first-order valence-corrected chi connectivity index (χ1v) is 6.26. The molecule has 0 bridgehead atoms. The van der Waals surface area contributed by atoms with Crippen molar-refractivity contribution in [1.29, 1.82) is 0 Å². The number of amides is 1. The van der Waals surface area contributed by atoms with Gasteiger partial charge in [0.15, 0.2) is 0 Å². The van der Waals surface area contributed by atoms with Crippen molar-refractivity contribution in [2.75, 3.05) is 20.2 Å². The van der Waals surface area contributed by atoms with E-state index in [0.717, 1.165) is 5.75 Å². The van der Waals surface area contributed by atoms with Crippen molar-refractivity contribution in [3.05, 3.63) is 66.2 Å². The van der Waals surface area contributed by atoms with E-state index >= 15 is 0 Å². The van der Waals surface area contributed by atoms with Gasteiger partial charge in [-0.05, 0) is 24.3 Å². The number of benzene rings is 2. The highest BCUT2D eigenvalue weighted by atomic mass is 16.5. The first-order valence-electron chi connectivity index (χ1n) is 6.26. The van der Waals surface area contributed by atoms with Crippen molar-refractivity contribution < 1.29 is 9.53 Å². The van der Waals surface area contributed by atoms with Gasteiger partial charge in [0.1, 0.15) is 12.4 Å². The summed E-state index contributed by atoms with van der Waals surface area (Å²) in [4.78, 5) is 13.7. The minimum Gasteiger partial charge on any atom is -0.492 e. The molecule has 2 aromatic rings. The average Bonchev–Trinajstić information content (AvgIpc) is 2.48. The molecule has 0 aliphatic carbocycles. The quantitative estimate of drug-likeness (QED) is 0.822. The molecule has 1 amide bonds. The summed E-state index contributed by atoms with van der Waals surface area (Å²) in [6.07, 6.45) is 0. The van der Waals surface area contributed by atoms with Crippen LogP contribution in [0.25, 0.3) is 0 Å². The lowest BCUT2D eigenvalue weighted by Crippen LogP contribution is -2.30. The Morgan fingerprint density at radius 3 is 2.21 bits per heavy atom. The highest BCUT2D eigenvalue weighted by molar-refractivity contribution is 5.93. The van der Waals surface area contributed by atoms with E-state index in [4.69, 9.17) is 4.74 Å². The summed E-state index contributed by atoms with van der Waals surface area (Å²) in [5.41, 5.74) is 0.699. The molecular formula is C16H17NO2. The molecule has 2 aromatic carbocycles. The molecule has 3 heteroatoms. The minimum atomic E-state index is 0.0114. The first-order chi connectivity index (χ1) is 9.27. The van der Waals surface area contributed by atoms with Crippen LogP contribution in [-0.2, 0) is 0 Å². The van der Waals surface area contributed by atoms with Crippen LogP contribution in [0.2, 0.25) is 0 Å². The number of rotatable bonds is 5. The molecule has 0 aromatic heterocycles. The summed E-state index contributed by atoms with van der Waals surface area (Å²) < 4.78 is 5.57. The molecule has 0 aliphatic rings. The maximum absolute atomic E-state index is 12.1. The second-order valence-electron chi connectivity index (χ2n) is 4.25. The zero-order chi connectivity index (χ0) is 13.5. The van der Waals surface area contributed by atoms with Crippen LogP contribution in [0.1, 0.15) is 10.4 Å². The molecule has 0 atom stereocenters. The van der Waals surface area contributed by atoms with Gasteiger partial charge in [0, 0.05) is 12.6 Å². The zero-order valence-electron chi connectivity index (χ0n) is 11.0. The van der Waals surface area contributed by atoms with E-state index in [0.29, 0.717) is 18.7 Å². The fourth-order valence-electron chi connectivity index (χ4n) is 1.72. The summed E-state index contributed by atoms with van der Waals surface area (Å²) in [5, 5.41) is 0. The van der Waals surface area contributed by atoms with E-state index in [9.17, 15) is 4.79 Å². The van der Waals surface area contributed by atoms with Gasteiger partial charge in [-0.1, -0.05) is 36.4 Å². The number of para-hydroxylation sites is 1. The lowest BCUT2D eigenvalue weighted by Gasteiger charge is -2.17. The van der Waals surface area contributed by atoms with E-state index < -0.39 is 0 Å². The van der Waals surface area contributed by atoms with Crippen LogP contribution >= 0.6 is 0 Å².